The van der Waals surface area contributed by atoms with E-state index in [1.165, 1.54) is 33.4 Å². The van der Waals surface area contributed by atoms with Gasteiger partial charge in [-0.15, -0.1) is 0 Å². The van der Waals surface area contributed by atoms with E-state index in [1.54, 1.807) is 11.3 Å². The number of hydrogen-bond donors (Lipinski definition) is 0. The number of rotatable bonds is 3. The molecule has 4 rings (SSSR count). The molecule has 0 aliphatic rings. The fourth-order valence-corrected chi connectivity index (χ4v) is 3.86. The van der Waals surface area contributed by atoms with Crippen molar-refractivity contribution < 1.29 is 0 Å². The average molecular weight is 325 g/mol. The molecule has 0 saturated heterocycles. The lowest BCUT2D eigenvalue weighted by Gasteiger charge is -2.12. The molecule has 0 aliphatic carbocycles. The summed E-state index contributed by atoms with van der Waals surface area (Å²) < 4.78 is 0. The third-order valence-electron chi connectivity index (χ3n) is 4.14. The van der Waals surface area contributed by atoms with E-state index in [9.17, 15) is 0 Å². The van der Waals surface area contributed by atoms with Crippen LogP contribution >= 0.6 is 11.3 Å². The van der Waals surface area contributed by atoms with Crippen LogP contribution in [0.25, 0.3) is 33.4 Å². The van der Waals surface area contributed by atoms with E-state index in [0.717, 1.165) is 0 Å². The molecule has 1 heteroatoms. The Bertz CT molecular complexity index is 872. The average Bonchev–Trinajstić information content (AvgIpc) is 2.69. The van der Waals surface area contributed by atoms with Gasteiger partial charge in [-0.25, -0.2) is 0 Å². The first-order valence-electron chi connectivity index (χ1n) is 8.03. The van der Waals surface area contributed by atoms with Gasteiger partial charge in [-0.05, 0) is 16.7 Å². The van der Waals surface area contributed by atoms with Gasteiger partial charge >= 0.3 is 0 Å². The zero-order valence-electron chi connectivity index (χ0n) is 13.2. The second-order valence-electron chi connectivity index (χ2n) is 5.67. The first-order valence-corrected chi connectivity index (χ1v) is 8.97. The molecule has 0 fully saturated rings. The quantitative estimate of drug-likeness (QED) is 0.355. The van der Waals surface area contributed by atoms with Gasteiger partial charge in [0, 0.05) is 16.7 Å². The number of hydrogen-bond acceptors (Lipinski definition) is 0. The van der Waals surface area contributed by atoms with E-state index in [4.69, 9.17) is 0 Å². The lowest BCUT2D eigenvalue weighted by atomic mass is 9.91. The molecular weight excluding hydrogens is 308 g/mol. The summed E-state index contributed by atoms with van der Waals surface area (Å²) in [6.45, 7) is 0. The van der Waals surface area contributed by atoms with Crippen LogP contribution in [0.3, 0.4) is 0 Å². The van der Waals surface area contributed by atoms with Crippen molar-refractivity contribution >= 4 is 11.3 Å². The van der Waals surface area contributed by atoms with Crippen LogP contribution in [0.2, 0.25) is 0 Å². The molecule has 1 heterocycles. The van der Waals surface area contributed by atoms with Crippen molar-refractivity contribution in [2.24, 2.45) is 0 Å². The zero-order valence-corrected chi connectivity index (χ0v) is 14.0. The minimum atomic E-state index is 1.25. The van der Waals surface area contributed by atoms with Crippen LogP contribution in [0.1, 0.15) is 0 Å². The largest absolute Gasteiger partial charge is 0.212 e. The van der Waals surface area contributed by atoms with Gasteiger partial charge in [0.2, 0.25) is 22.1 Å². The van der Waals surface area contributed by atoms with Crippen LogP contribution in [0.4, 0.5) is 0 Å². The summed E-state index contributed by atoms with van der Waals surface area (Å²) in [5, 5.41) is 4.51. The molecule has 0 saturated carbocycles. The molecule has 24 heavy (non-hydrogen) atoms. The van der Waals surface area contributed by atoms with E-state index in [2.05, 4.69) is 102 Å². The summed E-state index contributed by atoms with van der Waals surface area (Å²) in [6, 6.07) is 31.9. The van der Waals surface area contributed by atoms with Crippen LogP contribution in [0.15, 0.2) is 102 Å². The Morgan fingerprint density at radius 2 is 0.792 bits per heavy atom. The van der Waals surface area contributed by atoms with Gasteiger partial charge in [0.1, 0.15) is 0 Å². The van der Waals surface area contributed by atoms with Crippen molar-refractivity contribution in [1.29, 1.82) is 0 Å². The highest BCUT2D eigenvalue weighted by molar-refractivity contribution is 7.08. The SMILES string of the molecule is c1ccc(-c2c[s+]cc(-c3ccccc3)c2-c2ccccc2)cc1. The predicted molar refractivity (Wildman–Crippen MR) is 105 cm³/mol. The van der Waals surface area contributed by atoms with Crippen molar-refractivity contribution in [3.63, 3.8) is 0 Å². The molecule has 0 radical (unpaired) electrons. The molecule has 0 unspecified atom stereocenters. The maximum Gasteiger partial charge on any atom is 0.212 e. The second kappa shape index (κ2) is 6.77. The second-order valence-corrected chi connectivity index (χ2v) is 6.42. The standard InChI is InChI=1S/C23H17S/c1-4-10-18(11-5-1)21-16-24-17-22(19-12-6-2-7-13-19)23(21)20-14-8-3-9-15-20/h1-17H/q+1. The number of benzene rings is 3. The van der Waals surface area contributed by atoms with Crippen molar-refractivity contribution in [3.05, 3.63) is 102 Å². The third kappa shape index (κ3) is 2.86. The Kier molecular flexibility index (Phi) is 4.18. The fraction of sp³-hybridized carbons (Fsp3) is 0. The van der Waals surface area contributed by atoms with E-state index < -0.39 is 0 Å². The van der Waals surface area contributed by atoms with E-state index in [-0.39, 0.29) is 0 Å². The normalized spacial score (nSPS) is 10.5. The molecule has 0 bridgehead atoms. The van der Waals surface area contributed by atoms with Gasteiger partial charge in [0.15, 0.2) is 0 Å². The minimum Gasteiger partial charge on any atom is -0.0622 e. The monoisotopic (exact) mass is 325 g/mol. The Hall–Kier alpha value is -2.77. The summed E-state index contributed by atoms with van der Waals surface area (Å²) in [7, 11) is 0. The van der Waals surface area contributed by atoms with Gasteiger partial charge in [0.25, 0.3) is 0 Å². The Balaban J connectivity index is 2.02. The van der Waals surface area contributed by atoms with Crippen LogP contribution < -0.4 is 0 Å². The molecule has 3 aromatic carbocycles. The Labute approximate surface area is 146 Å². The molecule has 4 aromatic rings. The van der Waals surface area contributed by atoms with E-state index >= 15 is 0 Å². The summed E-state index contributed by atoms with van der Waals surface area (Å²) in [6.07, 6.45) is 0. The molecule has 0 amide bonds. The van der Waals surface area contributed by atoms with Crippen molar-refractivity contribution in [3.8, 4) is 33.4 Å². The molecule has 0 atom stereocenters. The smallest absolute Gasteiger partial charge is 0.0622 e. The maximum atomic E-state index is 2.25. The molecule has 114 valence electrons. The van der Waals surface area contributed by atoms with Crippen LogP contribution in [0.5, 0.6) is 0 Å². The van der Waals surface area contributed by atoms with Crippen LogP contribution in [0, 0.1) is 0 Å². The van der Waals surface area contributed by atoms with Crippen molar-refractivity contribution in [2.75, 3.05) is 0 Å². The molecule has 0 nitrogen and oxygen atoms in total. The predicted octanol–water partition coefficient (Wildman–Crippen LogP) is 7.03. The van der Waals surface area contributed by atoms with Gasteiger partial charge in [-0.3, -0.25) is 0 Å². The lowest BCUT2D eigenvalue weighted by molar-refractivity contribution is 1.59. The molecule has 0 N–H and O–H groups in total. The minimum absolute atomic E-state index is 1.25. The van der Waals surface area contributed by atoms with Crippen molar-refractivity contribution in [2.45, 2.75) is 0 Å². The summed E-state index contributed by atoms with van der Waals surface area (Å²) in [5.74, 6) is 0. The molecular formula is C23H17S+. The summed E-state index contributed by atoms with van der Waals surface area (Å²) in [4.78, 5) is 0. The maximum absolute atomic E-state index is 2.25. The fourth-order valence-electron chi connectivity index (χ4n) is 3.01. The van der Waals surface area contributed by atoms with Crippen LogP contribution in [-0.2, 0) is 0 Å². The van der Waals surface area contributed by atoms with Gasteiger partial charge in [0.05, 0.1) is 0 Å². The Morgan fingerprint density at radius 1 is 0.417 bits per heavy atom. The van der Waals surface area contributed by atoms with Crippen LogP contribution in [-0.4, -0.2) is 0 Å². The highest BCUT2D eigenvalue weighted by Crippen LogP contribution is 2.40. The van der Waals surface area contributed by atoms with E-state index in [0.29, 0.717) is 0 Å². The van der Waals surface area contributed by atoms with Crippen molar-refractivity contribution in [1.82, 2.24) is 0 Å². The lowest BCUT2D eigenvalue weighted by Crippen LogP contribution is -1.89. The molecule has 0 aliphatic heterocycles. The summed E-state index contributed by atoms with van der Waals surface area (Å²) >= 11 is 1.75. The highest BCUT2D eigenvalue weighted by atomic mass is 32.1. The van der Waals surface area contributed by atoms with Gasteiger partial charge < -0.3 is 0 Å². The zero-order chi connectivity index (χ0) is 16.2. The third-order valence-corrected chi connectivity index (χ3v) is 4.89. The first kappa shape index (κ1) is 14.8. The van der Waals surface area contributed by atoms with Gasteiger partial charge in [-0.1, -0.05) is 91.0 Å². The summed E-state index contributed by atoms with van der Waals surface area (Å²) in [5.41, 5.74) is 7.63. The first-order chi connectivity index (χ1) is 11.9. The topological polar surface area (TPSA) is 0 Å². The Morgan fingerprint density at radius 3 is 1.21 bits per heavy atom. The van der Waals surface area contributed by atoms with Gasteiger partial charge in [-0.2, -0.15) is 0 Å². The van der Waals surface area contributed by atoms with E-state index in [1.807, 2.05) is 0 Å². The molecule has 1 aromatic heterocycles. The molecule has 0 spiro atoms. The highest BCUT2D eigenvalue weighted by Gasteiger charge is 2.18.